The number of aliphatic hydroxyl groups is 1. The molecule has 9 nitrogen and oxygen atoms in total. The molecular formula is C27H30N4O5. The zero-order valence-electron chi connectivity index (χ0n) is 20.4. The number of rotatable bonds is 6. The van der Waals surface area contributed by atoms with Crippen LogP contribution in [-0.2, 0) is 39.6 Å². The number of nitrogens with one attached hydrogen (secondary N) is 1. The molecule has 0 saturated carbocycles. The van der Waals surface area contributed by atoms with Gasteiger partial charge in [-0.25, -0.2) is 9.78 Å². The molecule has 0 spiro atoms. The van der Waals surface area contributed by atoms with E-state index in [0.717, 1.165) is 67.1 Å². The molecule has 0 unspecified atom stereocenters. The van der Waals surface area contributed by atoms with Gasteiger partial charge in [0.2, 0.25) is 0 Å². The summed E-state index contributed by atoms with van der Waals surface area (Å²) in [6.45, 7) is 7.89. The Morgan fingerprint density at radius 1 is 1.17 bits per heavy atom. The van der Waals surface area contributed by atoms with Crippen LogP contribution >= 0.6 is 0 Å². The summed E-state index contributed by atoms with van der Waals surface area (Å²) in [5, 5.41) is 15.8. The Balaban J connectivity index is 1.39. The lowest BCUT2D eigenvalue weighted by atomic mass is 9.86. The zero-order chi connectivity index (χ0) is 24.9. The number of pyridine rings is 2. The molecule has 2 N–H and O–H groups in total. The quantitative estimate of drug-likeness (QED) is 0.310. The lowest BCUT2D eigenvalue weighted by molar-refractivity contribution is -0.172. The summed E-state index contributed by atoms with van der Waals surface area (Å²) < 4.78 is 12.3. The molecule has 0 amide bonds. The molecule has 2 aromatic heterocycles. The van der Waals surface area contributed by atoms with E-state index in [4.69, 9.17) is 14.5 Å². The van der Waals surface area contributed by atoms with Crippen LogP contribution in [-0.4, -0.2) is 64.9 Å². The van der Waals surface area contributed by atoms with Gasteiger partial charge >= 0.3 is 5.97 Å². The van der Waals surface area contributed by atoms with Gasteiger partial charge < -0.3 is 24.5 Å². The average Bonchev–Trinajstić information content (AvgIpc) is 3.28. The summed E-state index contributed by atoms with van der Waals surface area (Å²) >= 11 is 0. The van der Waals surface area contributed by atoms with E-state index in [2.05, 4.69) is 16.3 Å². The molecule has 188 valence electrons. The van der Waals surface area contributed by atoms with Crippen molar-refractivity contribution in [2.24, 2.45) is 0 Å². The SMILES string of the molecule is CC[C@@]1(O)C(=O)OCc2c1cc1n(c2=O)Cc2c-1nc1ccccc1c2CNCCN1CCOCC1. The molecule has 5 heterocycles. The largest absolute Gasteiger partial charge is 0.458 e. The van der Waals surface area contributed by atoms with Gasteiger partial charge in [-0.1, -0.05) is 25.1 Å². The highest BCUT2D eigenvalue weighted by Crippen LogP contribution is 2.40. The van der Waals surface area contributed by atoms with Gasteiger partial charge in [0.25, 0.3) is 5.56 Å². The van der Waals surface area contributed by atoms with Crippen LogP contribution in [0.1, 0.15) is 35.6 Å². The Kier molecular flexibility index (Phi) is 5.88. The Morgan fingerprint density at radius 2 is 1.97 bits per heavy atom. The summed E-state index contributed by atoms with van der Waals surface area (Å²) in [4.78, 5) is 33.3. The first-order valence-corrected chi connectivity index (χ1v) is 12.6. The second kappa shape index (κ2) is 9.08. The first-order valence-electron chi connectivity index (χ1n) is 12.6. The third-order valence-corrected chi connectivity index (χ3v) is 7.72. The van der Waals surface area contributed by atoms with Crippen LogP contribution in [0.3, 0.4) is 0 Å². The maximum absolute atomic E-state index is 13.5. The third kappa shape index (κ3) is 3.66. The second-order valence-electron chi connectivity index (χ2n) is 9.67. The van der Waals surface area contributed by atoms with Crippen molar-refractivity contribution in [3.8, 4) is 11.4 Å². The first kappa shape index (κ1) is 23.3. The Labute approximate surface area is 208 Å². The molecule has 0 bridgehead atoms. The fourth-order valence-electron chi connectivity index (χ4n) is 5.59. The number of fused-ring (bicyclic) bond motifs is 5. The number of nitrogens with zero attached hydrogens (tertiary/aromatic N) is 3. The number of carbonyl (C=O) groups excluding carboxylic acids is 1. The normalized spacial score (nSPS) is 21.2. The van der Waals surface area contributed by atoms with Crippen molar-refractivity contribution in [3.63, 3.8) is 0 Å². The minimum Gasteiger partial charge on any atom is -0.458 e. The highest BCUT2D eigenvalue weighted by molar-refractivity contribution is 5.89. The Bertz CT molecular complexity index is 1410. The predicted molar refractivity (Wildman–Crippen MR) is 133 cm³/mol. The summed E-state index contributed by atoms with van der Waals surface area (Å²) in [6.07, 6.45) is 0.123. The van der Waals surface area contributed by atoms with Crippen molar-refractivity contribution >= 4 is 16.9 Å². The van der Waals surface area contributed by atoms with Gasteiger partial charge in [-0.05, 0) is 24.1 Å². The van der Waals surface area contributed by atoms with Crippen molar-refractivity contribution < 1.29 is 19.4 Å². The monoisotopic (exact) mass is 490 g/mol. The number of benzene rings is 1. The molecule has 1 aromatic carbocycles. The van der Waals surface area contributed by atoms with E-state index in [-0.39, 0.29) is 18.6 Å². The molecule has 1 atom stereocenters. The number of esters is 1. The van der Waals surface area contributed by atoms with Gasteiger partial charge in [0.05, 0.1) is 42.2 Å². The first-order chi connectivity index (χ1) is 17.5. The molecule has 9 heteroatoms. The molecule has 36 heavy (non-hydrogen) atoms. The van der Waals surface area contributed by atoms with Crippen LogP contribution in [0.5, 0.6) is 0 Å². The minimum atomic E-state index is -1.83. The predicted octanol–water partition coefficient (Wildman–Crippen LogP) is 1.50. The lowest BCUT2D eigenvalue weighted by Crippen LogP contribution is -2.44. The molecule has 3 aromatic rings. The zero-order valence-corrected chi connectivity index (χ0v) is 20.4. The number of para-hydroxylation sites is 1. The van der Waals surface area contributed by atoms with Crippen LogP contribution in [0.25, 0.3) is 22.3 Å². The van der Waals surface area contributed by atoms with Crippen molar-refractivity contribution in [2.75, 3.05) is 39.4 Å². The van der Waals surface area contributed by atoms with Gasteiger partial charge in [0.15, 0.2) is 5.60 Å². The maximum Gasteiger partial charge on any atom is 0.343 e. The standard InChI is InChI=1S/C27H30N4O5/c1-2-27(34)21-13-23-24-19(15-31(23)25(32)20(21)16-36-26(27)33)18(17-5-3-4-6-22(17)29-24)14-28-7-8-30-9-11-35-12-10-30/h3-6,13,28,34H,2,7-12,14-16H2,1H3/t27-/m0/s1. The van der Waals surface area contributed by atoms with E-state index in [9.17, 15) is 14.7 Å². The summed E-state index contributed by atoms with van der Waals surface area (Å²) in [5.74, 6) is -0.711. The van der Waals surface area contributed by atoms with E-state index in [1.165, 1.54) is 0 Å². The van der Waals surface area contributed by atoms with Crippen LogP contribution in [0.2, 0.25) is 0 Å². The molecule has 1 saturated heterocycles. The molecule has 0 aliphatic carbocycles. The molecule has 6 rings (SSSR count). The summed E-state index contributed by atoms with van der Waals surface area (Å²) in [7, 11) is 0. The van der Waals surface area contributed by atoms with E-state index in [1.54, 1.807) is 17.6 Å². The van der Waals surface area contributed by atoms with E-state index in [1.807, 2.05) is 18.2 Å². The molecule has 1 fully saturated rings. The highest BCUT2D eigenvalue weighted by Gasteiger charge is 2.45. The van der Waals surface area contributed by atoms with Gasteiger partial charge in [0.1, 0.15) is 6.61 Å². The Hall–Kier alpha value is -3.11. The number of carbonyl (C=O) groups is 1. The van der Waals surface area contributed by atoms with Crippen LogP contribution < -0.4 is 10.9 Å². The second-order valence-corrected chi connectivity index (χ2v) is 9.67. The summed E-state index contributed by atoms with van der Waals surface area (Å²) in [6, 6.07) is 9.78. The van der Waals surface area contributed by atoms with Crippen LogP contribution in [0.15, 0.2) is 35.1 Å². The van der Waals surface area contributed by atoms with Crippen LogP contribution in [0.4, 0.5) is 0 Å². The van der Waals surface area contributed by atoms with Crippen molar-refractivity contribution in [3.05, 3.63) is 62.9 Å². The number of ether oxygens (including phenoxy) is 2. The number of cyclic esters (lactones) is 1. The number of hydrogen-bond acceptors (Lipinski definition) is 8. The lowest BCUT2D eigenvalue weighted by Gasteiger charge is -2.31. The van der Waals surface area contributed by atoms with Gasteiger partial charge in [-0.2, -0.15) is 0 Å². The molecule has 3 aliphatic rings. The minimum absolute atomic E-state index is 0.123. The van der Waals surface area contributed by atoms with Crippen molar-refractivity contribution in [1.82, 2.24) is 19.8 Å². The fourth-order valence-corrected chi connectivity index (χ4v) is 5.59. The topological polar surface area (TPSA) is 106 Å². The average molecular weight is 491 g/mol. The van der Waals surface area contributed by atoms with E-state index in [0.29, 0.717) is 29.9 Å². The molecule has 3 aliphatic heterocycles. The van der Waals surface area contributed by atoms with E-state index >= 15 is 0 Å². The molecular weight excluding hydrogens is 460 g/mol. The smallest absolute Gasteiger partial charge is 0.343 e. The van der Waals surface area contributed by atoms with E-state index < -0.39 is 11.6 Å². The summed E-state index contributed by atoms with van der Waals surface area (Å²) in [5.41, 5.74) is 2.95. The van der Waals surface area contributed by atoms with Gasteiger partial charge in [0, 0.05) is 49.2 Å². The third-order valence-electron chi connectivity index (χ3n) is 7.72. The number of aromatic nitrogens is 2. The van der Waals surface area contributed by atoms with Crippen molar-refractivity contribution in [1.29, 1.82) is 0 Å². The van der Waals surface area contributed by atoms with Crippen molar-refractivity contribution in [2.45, 2.75) is 38.6 Å². The number of morpholine rings is 1. The Morgan fingerprint density at radius 3 is 2.78 bits per heavy atom. The maximum atomic E-state index is 13.5. The number of hydrogen-bond donors (Lipinski definition) is 2. The van der Waals surface area contributed by atoms with Gasteiger partial charge in [-0.3, -0.25) is 9.69 Å². The highest BCUT2D eigenvalue weighted by atomic mass is 16.6. The molecule has 0 radical (unpaired) electrons. The van der Waals surface area contributed by atoms with Gasteiger partial charge in [-0.15, -0.1) is 0 Å². The van der Waals surface area contributed by atoms with Crippen LogP contribution in [0, 0.1) is 0 Å². The fraction of sp³-hybridized carbons (Fsp3) is 0.444.